The third-order valence-corrected chi connectivity index (χ3v) is 6.13. The first-order valence-electron chi connectivity index (χ1n) is 9.32. The SMILES string of the molecule is CC(C)S(=O)(=O)Oc1ccc(CN(C[C@@H]2CCCO2)C(=O)c2ccco2)cc1. The van der Waals surface area contributed by atoms with Crippen LogP contribution in [-0.2, 0) is 21.4 Å². The monoisotopic (exact) mass is 407 g/mol. The predicted molar refractivity (Wildman–Crippen MR) is 104 cm³/mol. The Morgan fingerprint density at radius 1 is 1.25 bits per heavy atom. The van der Waals surface area contributed by atoms with Gasteiger partial charge < -0.3 is 18.2 Å². The molecule has 0 aliphatic carbocycles. The summed E-state index contributed by atoms with van der Waals surface area (Å²) in [5.41, 5.74) is 0.854. The molecule has 152 valence electrons. The number of rotatable bonds is 8. The number of ether oxygens (including phenoxy) is 1. The van der Waals surface area contributed by atoms with Gasteiger partial charge in [-0.15, -0.1) is 0 Å². The van der Waals surface area contributed by atoms with Gasteiger partial charge in [0.25, 0.3) is 5.91 Å². The van der Waals surface area contributed by atoms with Gasteiger partial charge in [-0.05, 0) is 56.5 Å². The standard InChI is InChI=1S/C20H25NO6S/c1-15(2)28(23,24)27-17-9-7-16(8-10-17)13-21(14-18-5-3-11-25-18)20(22)19-6-4-12-26-19/h4,6-10,12,15,18H,3,5,11,13-14H2,1-2H3/t18-/m0/s1. The highest BCUT2D eigenvalue weighted by Gasteiger charge is 2.25. The van der Waals surface area contributed by atoms with Crippen LogP contribution in [0.4, 0.5) is 0 Å². The average molecular weight is 407 g/mol. The third kappa shape index (κ3) is 5.14. The summed E-state index contributed by atoms with van der Waals surface area (Å²) in [6.07, 6.45) is 3.39. The molecule has 8 heteroatoms. The molecule has 1 aromatic heterocycles. The van der Waals surface area contributed by atoms with Crippen molar-refractivity contribution in [2.24, 2.45) is 0 Å². The van der Waals surface area contributed by atoms with Crippen LogP contribution < -0.4 is 4.18 Å². The lowest BCUT2D eigenvalue weighted by Gasteiger charge is -2.25. The summed E-state index contributed by atoms with van der Waals surface area (Å²) in [5.74, 6) is 0.324. The lowest BCUT2D eigenvalue weighted by molar-refractivity contribution is 0.0484. The van der Waals surface area contributed by atoms with Gasteiger partial charge in [-0.25, -0.2) is 0 Å². The van der Waals surface area contributed by atoms with Gasteiger partial charge in [0.1, 0.15) is 5.75 Å². The van der Waals surface area contributed by atoms with Crippen molar-refractivity contribution in [2.75, 3.05) is 13.2 Å². The van der Waals surface area contributed by atoms with Crippen molar-refractivity contribution < 1.29 is 26.5 Å². The Morgan fingerprint density at radius 3 is 2.57 bits per heavy atom. The van der Waals surface area contributed by atoms with E-state index in [1.165, 1.54) is 6.26 Å². The van der Waals surface area contributed by atoms with E-state index in [2.05, 4.69) is 0 Å². The largest absolute Gasteiger partial charge is 0.459 e. The number of benzene rings is 1. The zero-order valence-electron chi connectivity index (χ0n) is 16.0. The maximum atomic E-state index is 12.8. The van der Waals surface area contributed by atoms with Crippen molar-refractivity contribution in [2.45, 2.75) is 44.6 Å². The van der Waals surface area contributed by atoms with E-state index in [1.807, 2.05) is 0 Å². The molecule has 3 rings (SSSR count). The van der Waals surface area contributed by atoms with Crippen LogP contribution in [0.3, 0.4) is 0 Å². The fourth-order valence-corrected chi connectivity index (χ4v) is 3.48. The molecule has 0 spiro atoms. The van der Waals surface area contributed by atoms with Crippen LogP contribution in [0.2, 0.25) is 0 Å². The predicted octanol–water partition coefficient (Wildman–Crippen LogP) is 3.22. The topological polar surface area (TPSA) is 86.0 Å². The molecule has 1 atom stereocenters. The summed E-state index contributed by atoms with van der Waals surface area (Å²) < 4.78 is 39.8. The summed E-state index contributed by atoms with van der Waals surface area (Å²) in [5, 5.41) is -0.625. The fourth-order valence-electron chi connectivity index (χ4n) is 2.91. The number of amides is 1. The van der Waals surface area contributed by atoms with E-state index in [0.717, 1.165) is 18.4 Å². The zero-order valence-corrected chi connectivity index (χ0v) is 16.9. The van der Waals surface area contributed by atoms with E-state index in [4.69, 9.17) is 13.3 Å². The van der Waals surface area contributed by atoms with Gasteiger partial charge in [0.15, 0.2) is 5.76 Å². The molecule has 1 aromatic carbocycles. The maximum Gasteiger partial charge on any atom is 0.311 e. The first-order valence-corrected chi connectivity index (χ1v) is 10.8. The minimum atomic E-state index is -3.64. The van der Waals surface area contributed by atoms with E-state index in [0.29, 0.717) is 19.7 Å². The molecule has 1 amide bonds. The minimum Gasteiger partial charge on any atom is -0.459 e. The Hall–Kier alpha value is -2.32. The Kier molecular flexibility index (Phi) is 6.41. The van der Waals surface area contributed by atoms with Gasteiger partial charge in [-0.1, -0.05) is 12.1 Å². The van der Waals surface area contributed by atoms with Crippen LogP contribution in [0, 0.1) is 0 Å². The highest BCUT2D eigenvalue weighted by Crippen LogP contribution is 2.20. The molecule has 1 saturated heterocycles. The second kappa shape index (κ2) is 8.79. The van der Waals surface area contributed by atoms with E-state index < -0.39 is 15.4 Å². The molecule has 7 nitrogen and oxygen atoms in total. The number of nitrogens with zero attached hydrogens (tertiary/aromatic N) is 1. The van der Waals surface area contributed by atoms with Crippen LogP contribution in [0.25, 0.3) is 0 Å². The maximum absolute atomic E-state index is 12.8. The summed E-state index contributed by atoms with van der Waals surface area (Å²) in [6.45, 7) is 4.67. The normalized spacial score (nSPS) is 17.0. The Labute approximate surface area is 165 Å². The summed E-state index contributed by atoms with van der Waals surface area (Å²) in [4.78, 5) is 14.5. The summed E-state index contributed by atoms with van der Waals surface area (Å²) in [7, 11) is -3.64. The zero-order chi connectivity index (χ0) is 20.1. The highest BCUT2D eigenvalue weighted by atomic mass is 32.2. The molecule has 2 aromatic rings. The highest BCUT2D eigenvalue weighted by molar-refractivity contribution is 7.87. The van der Waals surface area contributed by atoms with Crippen molar-refractivity contribution in [3.8, 4) is 5.75 Å². The van der Waals surface area contributed by atoms with Gasteiger partial charge >= 0.3 is 10.1 Å². The Balaban J connectivity index is 1.71. The molecule has 1 aliphatic heterocycles. The number of hydrogen-bond acceptors (Lipinski definition) is 6. The number of furan rings is 1. The first-order chi connectivity index (χ1) is 13.3. The van der Waals surface area contributed by atoms with E-state index in [-0.39, 0.29) is 23.5 Å². The van der Waals surface area contributed by atoms with Crippen molar-refractivity contribution in [1.29, 1.82) is 0 Å². The van der Waals surface area contributed by atoms with Crippen molar-refractivity contribution in [3.63, 3.8) is 0 Å². The molecular formula is C20H25NO6S. The van der Waals surface area contributed by atoms with E-state index in [9.17, 15) is 13.2 Å². The molecule has 0 unspecified atom stereocenters. The molecule has 1 aliphatic rings. The summed E-state index contributed by atoms with van der Waals surface area (Å²) >= 11 is 0. The smallest absolute Gasteiger partial charge is 0.311 e. The first kappa shape index (κ1) is 20.4. The Morgan fingerprint density at radius 2 is 2.00 bits per heavy atom. The lowest BCUT2D eigenvalue weighted by Crippen LogP contribution is -2.36. The molecule has 2 heterocycles. The Bertz CT molecular complexity index is 868. The lowest BCUT2D eigenvalue weighted by atomic mass is 10.1. The van der Waals surface area contributed by atoms with E-state index in [1.54, 1.807) is 55.1 Å². The average Bonchev–Trinajstić information content (AvgIpc) is 3.35. The quantitative estimate of drug-likeness (QED) is 0.625. The minimum absolute atomic E-state index is 0.0118. The van der Waals surface area contributed by atoms with Crippen molar-refractivity contribution >= 4 is 16.0 Å². The second-order valence-corrected chi connectivity index (χ2v) is 9.16. The van der Waals surface area contributed by atoms with Crippen LogP contribution in [0.1, 0.15) is 42.8 Å². The summed E-state index contributed by atoms with van der Waals surface area (Å²) in [6, 6.07) is 10.0. The number of carbonyl (C=O) groups is 1. The van der Waals surface area contributed by atoms with Gasteiger partial charge in [-0.2, -0.15) is 8.42 Å². The molecule has 0 bridgehead atoms. The number of carbonyl (C=O) groups excluding carboxylic acids is 1. The van der Waals surface area contributed by atoms with Crippen molar-refractivity contribution in [1.82, 2.24) is 4.90 Å². The molecular weight excluding hydrogens is 382 g/mol. The number of hydrogen-bond donors (Lipinski definition) is 0. The van der Waals surface area contributed by atoms with E-state index >= 15 is 0 Å². The second-order valence-electron chi connectivity index (χ2n) is 7.07. The third-order valence-electron chi connectivity index (χ3n) is 4.55. The molecule has 28 heavy (non-hydrogen) atoms. The molecule has 1 fully saturated rings. The molecule has 0 N–H and O–H groups in total. The molecule has 0 radical (unpaired) electrons. The van der Waals surface area contributed by atoms with Crippen LogP contribution in [0.15, 0.2) is 47.1 Å². The van der Waals surface area contributed by atoms with Gasteiger partial charge in [-0.3, -0.25) is 4.79 Å². The van der Waals surface area contributed by atoms with Crippen LogP contribution in [0.5, 0.6) is 5.75 Å². The van der Waals surface area contributed by atoms with Crippen LogP contribution in [-0.4, -0.2) is 43.7 Å². The fraction of sp³-hybridized carbons (Fsp3) is 0.450. The molecule has 0 saturated carbocycles. The van der Waals surface area contributed by atoms with Crippen LogP contribution >= 0.6 is 0 Å². The van der Waals surface area contributed by atoms with Gasteiger partial charge in [0, 0.05) is 19.7 Å². The van der Waals surface area contributed by atoms with Gasteiger partial charge in [0.2, 0.25) is 0 Å². The van der Waals surface area contributed by atoms with Crippen molar-refractivity contribution in [3.05, 3.63) is 54.0 Å². The van der Waals surface area contributed by atoms with Gasteiger partial charge in [0.05, 0.1) is 17.6 Å².